The number of aromatic nitrogens is 1. The van der Waals surface area contributed by atoms with Gasteiger partial charge in [0.15, 0.2) is 0 Å². The first-order valence-electron chi connectivity index (χ1n) is 11.5. The van der Waals surface area contributed by atoms with Crippen LogP contribution >= 0.6 is 11.8 Å². The van der Waals surface area contributed by atoms with Gasteiger partial charge in [-0.2, -0.15) is 5.26 Å². The van der Waals surface area contributed by atoms with E-state index < -0.39 is 0 Å². The molecule has 1 aliphatic heterocycles. The molecule has 0 radical (unpaired) electrons. The van der Waals surface area contributed by atoms with Gasteiger partial charge in [0.05, 0.1) is 28.4 Å². The van der Waals surface area contributed by atoms with Gasteiger partial charge in [-0.3, -0.25) is 0 Å². The second-order valence-corrected chi connectivity index (χ2v) is 10.1. The number of nitrogens with zero attached hydrogens (tertiary/aromatic N) is 2. The largest absolute Gasteiger partial charge is 0.309 e. The van der Waals surface area contributed by atoms with E-state index in [9.17, 15) is 5.26 Å². The molecule has 0 saturated heterocycles. The van der Waals surface area contributed by atoms with Crippen LogP contribution in [0.25, 0.3) is 38.6 Å². The van der Waals surface area contributed by atoms with Gasteiger partial charge in [0.1, 0.15) is 0 Å². The third kappa shape index (κ3) is 2.83. The maximum Gasteiger partial charge on any atom is 0.0991 e. The Bertz CT molecular complexity index is 1660. The van der Waals surface area contributed by atoms with Crippen molar-refractivity contribution in [3.8, 4) is 22.9 Å². The van der Waals surface area contributed by atoms with E-state index in [0.717, 1.165) is 16.8 Å². The van der Waals surface area contributed by atoms with Crippen LogP contribution in [0.5, 0.6) is 0 Å². The van der Waals surface area contributed by atoms with Gasteiger partial charge >= 0.3 is 0 Å². The molecule has 1 aliphatic carbocycles. The highest BCUT2D eigenvalue weighted by Gasteiger charge is 2.31. The number of benzene rings is 4. The molecule has 2 nitrogen and oxygen atoms in total. The zero-order valence-electron chi connectivity index (χ0n) is 18.3. The number of thioether (sulfide) groups is 1. The highest BCUT2D eigenvalue weighted by molar-refractivity contribution is 8.00. The summed E-state index contributed by atoms with van der Waals surface area (Å²) in [5, 5.41) is 12.6. The molecule has 0 saturated carbocycles. The number of fused-ring (bicyclic) bond motifs is 6. The van der Waals surface area contributed by atoms with Crippen molar-refractivity contribution in [2.24, 2.45) is 0 Å². The Morgan fingerprint density at radius 2 is 1.50 bits per heavy atom. The van der Waals surface area contributed by atoms with E-state index in [1.54, 1.807) is 0 Å². The van der Waals surface area contributed by atoms with Crippen LogP contribution in [0.2, 0.25) is 0 Å². The van der Waals surface area contributed by atoms with Crippen molar-refractivity contribution in [3.63, 3.8) is 0 Å². The molecule has 160 valence electrons. The van der Waals surface area contributed by atoms with E-state index in [2.05, 4.69) is 108 Å². The molecule has 0 spiro atoms. The number of allylic oxidation sites excluding steroid dienone is 3. The van der Waals surface area contributed by atoms with E-state index in [4.69, 9.17) is 0 Å². The summed E-state index contributed by atoms with van der Waals surface area (Å²) in [7, 11) is 0. The summed E-state index contributed by atoms with van der Waals surface area (Å²) < 4.78 is 2.34. The van der Waals surface area contributed by atoms with Crippen LogP contribution in [-0.4, -0.2) is 9.82 Å². The van der Waals surface area contributed by atoms with Crippen molar-refractivity contribution in [2.75, 3.05) is 0 Å². The topological polar surface area (TPSA) is 28.7 Å². The van der Waals surface area contributed by atoms with E-state index in [1.807, 2.05) is 23.9 Å². The zero-order valence-corrected chi connectivity index (χ0v) is 19.2. The fourth-order valence-corrected chi connectivity index (χ4v) is 6.75. The van der Waals surface area contributed by atoms with Crippen LogP contribution in [0.3, 0.4) is 0 Å². The minimum Gasteiger partial charge on any atom is -0.309 e. The van der Waals surface area contributed by atoms with Gasteiger partial charge in [-0.1, -0.05) is 66.8 Å². The lowest BCUT2D eigenvalue weighted by atomic mass is 9.90. The van der Waals surface area contributed by atoms with Crippen LogP contribution in [0.4, 0.5) is 0 Å². The smallest absolute Gasteiger partial charge is 0.0991 e. The van der Waals surface area contributed by atoms with Crippen LogP contribution in [0, 0.1) is 11.3 Å². The third-order valence-corrected chi connectivity index (χ3v) is 8.32. The number of hydrogen-bond acceptors (Lipinski definition) is 2. The van der Waals surface area contributed by atoms with Gasteiger partial charge in [0.25, 0.3) is 0 Å². The first-order chi connectivity index (χ1) is 16.8. The molecule has 2 atom stereocenters. The van der Waals surface area contributed by atoms with E-state index in [-0.39, 0.29) is 0 Å². The van der Waals surface area contributed by atoms with Crippen LogP contribution in [-0.2, 0) is 0 Å². The molecule has 4 aromatic carbocycles. The van der Waals surface area contributed by atoms with Crippen LogP contribution < -0.4 is 0 Å². The number of hydrogen-bond donors (Lipinski definition) is 0. The molecular formula is C31H20N2S. The van der Waals surface area contributed by atoms with Gasteiger partial charge in [0.2, 0.25) is 0 Å². The van der Waals surface area contributed by atoms with E-state index in [0.29, 0.717) is 16.7 Å². The average Bonchev–Trinajstić information content (AvgIpc) is 3.44. The van der Waals surface area contributed by atoms with Crippen molar-refractivity contribution in [3.05, 3.63) is 120 Å². The molecule has 0 fully saturated rings. The number of nitriles is 1. The summed E-state index contributed by atoms with van der Waals surface area (Å²) >= 11 is 1.94. The molecule has 0 amide bonds. The zero-order chi connectivity index (χ0) is 22.6. The molecular weight excluding hydrogens is 432 g/mol. The second kappa shape index (κ2) is 7.52. The minimum absolute atomic E-state index is 0.404. The summed E-state index contributed by atoms with van der Waals surface area (Å²) in [6.45, 7) is 0. The summed E-state index contributed by atoms with van der Waals surface area (Å²) in [6.07, 6.45) is 8.92. The van der Waals surface area contributed by atoms with Crippen molar-refractivity contribution in [2.45, 2.75) is 16.1 Å². The Balaban J connectivity index is 1.50. The van der Waals surface area contributed by atoms with Gasteiger partial charge < -0.3 is 4.57 Å². The third-order valence-electron chi connectivity index (χ3n) is 6.97. The lowest BCUT2D eigenvalue weighted by molar-refractivity contribution is 0.881. The van der Waals surface area contributed by atoms with Crippen molar-refractivity contribution in [1.29, 1.82) is 5.26 Å². The van der Waals surface area contributed by atoms with Gasteiger partial charge in [-0.15, -0.1) is 11.8 Å². The first kappa shape index (κ1) is 19.5. The molecule has 3 heteroatoms. The average molecular weight is 453 g/mol. The maximum absolute atomic E-state index is 9.71. The molecule has 1 aromatic heterocycles. The number of rotatable bonds is 2. The van der Waals surface area contributed by atoms with E-state index >= 15 is 0 Å². The molecule has 34 heavy (non-hydrogen) atoms. The molecule has 7 rings (SSSR count). The lowest BCUT2D eigenvalue weighted by Crippen LogP contribution is -2.06. The molecule has 2 heterocycles. The Morgan fingerprint density at radius 3 is 2.26 bits per heavy atom. The first-order valence-corrected chi connectivity index (χ1v) is 12.4. The quantitative estimate of drug-likeness (QED) is 0.271. The highest BCUT2D eigenvalue weighted by atomic mass is 32.2. The van der Waals surface area contributed by atoms with Crippen LogP contribution in [0.15, 0.2) is 114 Å². The minimum atomic E-state index is 0.404. The monoisotopic (exact) mass is 452 g/mol. The highest BCUT2D eigenvalue weighted by Crippen LogP contribution is 2.49. The molecule has 0 N–H and O–H groups in total. The Labute approximate surface area is 202 Å². The molecule has 0 bridgehead atoms. The van der Waals surface area contributed by atoms with Gasteiger partial charge in [0, 0.05) is 32.4 Å². The number of para-hydroxylation sites is 2. The second-order valence-electron chi connectivity index (χ2n) is 8.84. The standard InChI is InChI=1S/C31H20N2S/c32-19-20-13-15-29(33-27-10-4-1-7-22(27)23-8-2-5-11-28(23)33)25(17-20)21-14-16-31-26(18-21)24-9-3-6-12-30(24)34-31/h1-18,24,30H. The summed E-state index contributed by atoms with van der Waals surface area (Å²) in [5.41, 5.74) is 7.72. The molecule has 5 aromatic rings. The van der Waals surface area contributed by atoms with Gasteiger partial charge in [-0.25, -0.2) is 0 Å². The van der Waals surface area contributed by atoms with Crippen molar-refractivity contribution >= 4 is 33.6 Å². The predicted molar refractivity (Wildman–Crippen MR) is 142 cm³/mol. The lowest BCUT2D eigenvalue weighted by Gasteiger charge is -2.17. The van der Waals surface area contributed by atoms with Crippen LogP contribution in [0.1, 0.15) is 17.0 Å². The Kier molecular flexibility index (Phi) is 4.30. The van der Waals surface area contributed by atoms with Gasteiger partial charge in [-0.05, 0) is 53.6 Å². The maximum atomic E-state index is 9.71. The molecule has 2 aliphatic rings. The van der Waals surface area contributed by atoms with E-state index in [1.165, 1.54) is 32.3 Å². The Hall–Kier alpha value is -4.00. The Morgan fingerprint density at radius 1 is 0.765 bits per heavy atom. The summed E-state index contributed by atoms with van der Waals surface area (Å²) in [5.74, 6) is 0.404. The summed E-state index contributed by atoms with van der Waals surface area (Å²) in [6, 6.07) is 32.3. The SMILES string of the molecule is N#Cc1ccc(-n2c3ccccc3c3ccccc32)c(-c2ccc3c(c2)C2C=CC=CC2S3)c1. The van der Waals surface area contributed by atoms with Crippen molar-refractivity contribution in [1.82, 2.24) is 4.57 Å². The fourth-order valence-electron chi connectivity index (χ4n) is 5.42. The van der Waals surface area contributed by atoms with Crippen molar-refractivity contribution < 1.29 is 0 Å². The fraction of sp³-hybridized carbons (Fsp3) is 0.0645. The normalized spacial score (nSPS) is 18.2. The molecule has 2 unspecified atom stereocenters. The predicted octanol–water partition coefficient (Wildman–Crippen LogP) is 8.01. The summed E-state index contributed by atoms with van der Waals surface area (Å²) in [4.78, 5) is 1.35.